The van der Waals surface area contributed by atoms with Gasteiger partial charge in [-0.15, -0.1) is 0 Å². The number of halogens is 1. The van der Waals surface area contributed by atoms with E-state index in [9.17, 15) is 4.79 Å². The highest BCUT2D eigenvalue weighted by molar-refractivity contribution is 9.10. The Hall–Kier alpha value is -4.53. The fourth-order valence-electron chi connectivity index (χ4n) is 6.57. The minimum atomic E-state index is -0.452. The highest BCUT2D eigenvalue weighted by atomic mass is 79.9. The van der Waals surface area contributed by atoms with Crippen LogP contribution in [0.4, 0.5) is 0 Å². The zero-order chi connectivity index (χ0) is 27.8. The highest BCUT2D eigenvalue weighted by Crippen LogP contribution is 2.58. The Morgan fingerprint density at radius 2 is 1.05 bits per heavy atom. The van der Waals surface area contributed by atoms with Gasteiger partial charge in [-0.2, -0.15) is 0 Å². The summed E-state index contributed by atoms with van der Waals surface area (Å²) in [5.41, 5.74) is 11.1. The molecule has 196 valence electrons. The molecule has 1 aliphatic rings. The van der Waals surface area contributed by atoms with Crippen LogP contribution < -0.4 is 0 Å². The van der Waals surface area contributed by atoms with Crippen LogP contribution in [0.25, 0.3) is 22.3 Å². The lowest BCUT2D eigenvalue weighted by atomic mass is 9.67. The van der Waals surface area contributed by atoms with Gasteiger partial charge in [0.1, 0.15) is 0 Å². The molecule has 0 radical (unpaired) electrons. The van der Waals surface area contributed by atoms with Crippen LogP contribution in [0.3, 0.4) is 0 Å². The van der Waals surface area contributed by atoms with Crippen LogP contribution >= 0.6 is 15.9 Å². The fraction of sp³-hybridized carbons (Fsp3) is 0.0513. The Morgan fingerprint density at radius 1 is 0.512 bits per heavy atom. The average Bonchev–Trinajstić information content (AvgIpc) is 3.34. The van der Waals surface area contributed by atoms with E-state index in [4.69, 9.17) is 0 Å². The summed E-state index contributed by atoms with van der Waals surface area (Å²) in [5.74, 6) is 0.112. The largest absolute Gasteiger partial charge is 0.294 e. The van der Waals surface area contributed by atoms with E-state index < -0.39 is 5.41 Å². The molecule has 1 aliphatic carbocycles. The van der Waals surface area contributed by atoms with E-state index in [1.54, 1.807) is 0 Å². The smallest absolute Gasteiger partial charge is 0.167 e. The van der Waals surface area contributed by atoms with E-state index in [0.717, 1.165) is 26.7 Å². The first-order valence-corrected chi connectivity index (χ1v) is 14.7. The van der Waals surface area contributed by atoms with Crippen LogP contribution in [0, 0.1) is 0 Å². The molecule has 0 N–H and O–H groups in total. The van der Waals surface area contributed by atoms with E-state index in [1.807, 2.05) is 30.3 Å². The van der Waals surface area contributed by atoms with E-state index in [-0.39, 0.29) is 5.78 Å². The predicted molar refractivity (Wildman–Crippen MR) is 171 cm³/mol. The predicted octanol–water partition coefficient (Wildman–Crippen LogP) is 9.90. The lowest BCUT2D eigenvalue weighted by Crippen LogP contribution is -2.28. The zero-order valence-electron chi connectivity index (χ0n) is 22.4. The average molecular weight is 592 g/mol. The molecule has 2 heteroatoms. The summed E-state index contributed by atoms with van der Waals surface area (Å²) >= 11 is 3.48. The van der Waals surface area contributed by atoms with Gasteiger partial charge in [-0.1, -0.05) is 155 Å². The normalized spacial score (nSPS) is 12.9. The van der Waals surface area contributed by atoms with Crippen molar-refractivity contribution in [1.29, 1.82) is 0 Å². The van der Waals surface area contributed by atoms with Crippen molar-refractivity contribution in [1.82, 2.24) is 0 Å². The minimum absolute atomic E-state index is 0.112. The summed E-state index contributed by atoms with van der Waals surface area (Å²) in [6, 6.07) is 53.1. The van der Waals surface area contributed by atoms with Crippen molar-refractivity contribution in [3.05, 3.63) is 190 Å². The molecule has 6 aromatic rings. The molecule has 0 amide bonds. The second-order valence-electron chi connectivity index (χ2n) is 10.5. The quantitative estimate of drug-likeness (QED) is 0.176. The molecule has 0 heterocycles. The van der Waals surface area contributed by atoms with Gasteiger partial charge in [0.2, 0.25) is 0 Å². The maximum Gasteiger partial charge on any atom is 0.167 e. The van der Waals surface area contributed by atoms with Crippen molar-refractivity contribution < 1.29 is 4.79 Å². The molecule has 0 spiro atoms. The molecule has 0 unspecified atom stereocenters. The van der Waals surface area contributed by atoms with Crippen LogP contribution in [-0.4, -0.2) is 5.78 Å². The topological polar surface area (TPSA) is 17.1 Å². The van der Waals surface area contributed by atoms with E-state index in [2.05, 4.69) is 137 Å². The molecule has 6 aromatic carbocycles. The third-order valence-electron chi connectivity index (χ3n) is 8.31. The Kier molecular flexibility index (Phi) is 6.49. The first kappa shape index (κ1) is 25.4. The molecule has 0 bridgehead atoms. The molecular weight excluding hydrogens is 564 g/mol. The molecule has 0 aromatic heterocycles. The number of rotatable bonds is 6. The Labute approximate surface area is 249 Å². The summed E-state index contributed by atoms with van der Waals surface area (Å²) in [6.07, 6.45) is 0.339. The third kappa shape index (κ3) is 4.18. The van der Waals surface area contributed by atoms with Crippen molar-refractivity contribution in [2.75, 3.05) is 0 Å². The molecule has 0 saturated heterocycles. The summed E-state index contributed by atoms with van der Waals surface area (Å²) in [6.45, 7) is 0. The van der Waals surface area contributed by atoms with Crippen molar-refractivity contribution in [2.45, 2.75) is 11.8 Å². The molecule has 0 aliphatic heterocycles. The second kappa shape index (κ2) is 10.5. The number of fused-ring (bicyclic) bond motifs is 3. The number of benzene rings is 6. The van der Waals surface area contributed by atoms with Crippen LogP contribution in [-0.2, 0) is 11.8 Å². The van der Waals surface area contributed by atoms with Gasteiger partial charge < -0.3 is 0 Å². The van der Waals surface area contributed by atoms with Crippen LogP contribution in [0.15, 0.2) is 156 Å². The number of Topliss-reactive ketones (excluding diaryl/α,β-unsaturated/α-hetero) is 1. The Balaban J connectivity index is 1.47. The standard InChI is InChI=1S/C39H27BrO/c40-31-24-22-27(23-25-31)37(41)26-28-12-7-8-17-32(28)33-19-11-21-36-38(33)34-18-9-10-20-35(34)39(36,29-13-3-1-4-14-29)30-15-5-2-6-16-30/h1-25H,26H2. The summed E-state index contributed by atoms with van der Waals surface area (Å²) < 4.78 is 0.966. The van der Waals surface area contributed by atoms with Gasteiger partial charge in [-0.25, -0.2) is 0 Å². The van der Waals surface area contributed by atoms with Crippen LogP contribution in [0.2, 0.25) is 0 Å². The number of carbonyl (C=O) groups excluding carboxylic acids is 1. The maximum atomic E-state index is 13.4. The lowest BCUT2D eigenvalue weighted by molar-refractivity contribution is 0.0993. The first-order chi connectivity index (χ1) is 20.2. The minimum Gasteiger partial charge on any atom is -0.294 e. The van der Waals surface area contributed by atoms with Crippen molar-refractivity contribution in [3.8, 4) is 22.3 Å². The Morgan fingerprint density at radius 3 is 1.73 bits per heavy atom. The highest BCUT2D eigenvalue weighted by Gasteiger charge is 2.46. The first-order valence-electron chi connectivity index (χ1n) is 13.9. The van der Waals surface area contributed by atoms with Gasteiger partial charge >= 0.3 is 0 Å². The number of hydrogen-bond acceptors (Lipinski definition) is 1. The molecular formula is C39H27BrO. The van der Waals surface area contributed by atoms with Crippen molar-refractivity contribution in [3.63, 3.8) is 0 Å². The Bertz CT molecular complexity index is 1830. The summed E-state index contributed by atoms with van der Waals surface area (Å²) in [5, 5.41) is 0. The van der Waals surface area contributed by atoms with Gasteiger partial charge in [-0.05, 0) is 62.2 Å². The van der Waals surface area contributed by atoms with Gasteiger partial charge in [0, 0.05) is 16.5 Å². The van der Waals surface area contributed by atoms with Crippen molar-refractivity contribution >= 4 is 21.7 Å². The third-order valence-corrected chi connectivity index (χ3v) is 8.84. The lowest BCUT2D eigenvalue weighted by Gasteiger charge is -2.34. The number of carbonyl (C=O) groups is 1. The molecule has 41 heavy (non-hydrogen) atoms. The fourth-order valence-corrected chi connectivity index (χ4v) is 6.83. The van der Waals surface area contributed by atoms with Crippen LogP contribution in [0.1, 0.15) is 38.2 Å². The SMILES string of the molecule is O=C(Cc1ccccc1-c1cccc2c1-c1ccccc1C2(c1ccccc1)c1ccccc1)c1ccc(Br)cc1. The number of ketones is 1. The molecule has 0 fully saturated rings. The van der Waals surface area contributed by atoms with Gasteiger partial charge in [0.15, 0.2) is 5.78 Å². The number of hydrogen-bond donors (Lipinski definition) is 0. The zero-order valence-corrected chi connectivity index (χ0v) is 24.0. The van der Waals surface area contributed by atoms with E-state index in [0.29, 0.717) is 6.42 Å². The van der Waals surface area contributed by atoms with Gasteiger partial charge in [-0.3, -0.25) is 4.79 Å². The van der Waals surface area contributed by atoms with E-state index in [1.165, 1.54) is 33.4 Å². The molecule has 7 rings (SSSR count). The summed E-state index contributed by atoms with van der Waals surface area (Å²) in [4.78, 5) is 13.4. The van der Waals surface area contributed by atoms with Gasteiger partial charge in [0.05, 0.1) is 5.41 Å². The molecule has 1 nitrogen and oxygen atoms in total. The maximum absolute atomic E-state index is 13.4. The van der Waals surface area contributed by atoms with Gasteiger partial charge in [0.25, 0.3) is 0 Å². The van der Waals surface area contributed by atoms with Crippen LogP contribution in [0.5, 0.6) is 0 Å². The second-order valence-corrected chi connectivity index (χ2v) is 11.4. The monoisotopic (exact) mass is 590 g/mol. The van der Waals surface area contributed by atoms with E-state index >= 15 is 0 Å². The molecule has 0 atom stereocenters. The van der Waals surface area contributed by atoms with Crippen molar-refractivity contribution in [2.24, 2.45) is 0 Å². The molecule has 0 saturated carbocycles. The summed E-state index contributed by atoms with van der Waals surface area (Å²) in [7, 11) is 0.